The Morgan fingerprint density at radius 1 is 1.04 bits per heavy atom. The average molecular weight is 350 g/mol. The van der Waals surface area contributed by atoms with Crippen molar-refractivity contribution >= 4 is 12.4 Å². The molecule has 4 heteroatoms. The molecule has 0 amide bonds. The molecule has 0 saturated carbocycles. The fourth-order valence-electron chi connectivity index (χ4n) is 2.44. The van der Waals surface area contributed by atoms with Gasteiger partial charge in [-0.2, -0.15) is 0 Å². The van der Waals surface area contributed by atoms with Crippen molar-refractivity contribution in [2.24, 2.45) is 0 Å². The van der Waals surface area contributed by atoms with Crippen LogP contribution in [0.4, 0.5) is 0 Å². The predicted octanol–water partition coefficient (Wildman–Crippen LogP) is 3.77. The van der Waals surface area contributed by atoms with Gasteiger partial charge in [-0.25, -0.2) is 0 Å². The zero-order valence-corrected chi connectivity index (χ0v) is 15.5. The molecule has 2 N–H and O–H groups in total. The third kappa shape index (κ3) is 7.35. The van der Waals surface area contributed by atoms with Crippen LogP contribution in [0.15, 0.2) is 54.6 Å². The number of ether oxygens (including phenoxy) is 1. The van der Waals surface area contributed by atoms with Crippen molar-refractivity contribution in [3.8, 4) is 5.75 Å². The average Bonchev–Trinajstić information content (AvgIpc) is 2.54. The Hall–Kier alpha value is -1.55. The number of aliphatic hydroxyl groups excluding tert-OH is 1. The highest BCUT2D eigenvalue weighted by Gasteiger charge is 2.19. The number of halogens is 1. The van der Waals surface area contributed by atoms with Gasteiger partial charge in [0.05, 0.1) is 0 Å². The van der Waals surface area contributed by atoms with Gasteiger partial charge in [0.15, 0.2) is 0 Å². The fourth-order valence-corrected chi connectivity index (χ4v) is 2.44. The van der Waals surface area contributed by atoms with Crippen LogP contribution in [0.5, 0.6) is 5.75 Å². The number of hydrogen-bond donors (Lipinski definition) is 2. The first-order valence-electron chi connectivity index (χ1n) is 8.11. The summed E-state index contributed by atoms with van der Waals surface area (Å²) in [5.41, 5.74) is 2.49. The molecule has 0 aliphatic carbocycles. The van der Waals surface area contributed by atoms with E-state index in [0.717, 1.165) is 12.2 Å². The van der Waals surface area contributed by atoms with E-state index >= 15 is 0 Å². The van der Waals surface area contributed by atoms with Crippen LogP contribution in [0.1, 0.15) is 25.0 Å². The molecular formula is C20H28ClNO2. The third-order valence-corrected chi connectivity index (χ3v) is 3.77. The van der Waals surface area contributed by atoms with Crippen molar-refractivity contribution in [1.29, 1.82) is 0 Å². The monoisotopic (exact) mass is 349 g/mol. The normalized spacial score (nSPS) is 12.3. The van der Waals surface area contributed by atoms with Crippen molar-refractivity contribution in [2.75, 3.05) is 13.2 Å². The molecule has 24 heavy (non-hydrogen) atoms. The predicted molar refractivity (Wildman–Crippen MR) is 102 cm³/mol. The highest BCUT2D eigenvalue weighted by Crippen LogP contribution is 2.14. The van der Waals surface area contributed by atoms with Crippen molar-refractivity contribution in [2.45, 2.75) is 38.8 Å². The number of benzene rings is 2. The van der Waals surface area contributed by atoms with Crippen LogP contribution in [0.25, 0.3) is 0 Å². The van der Waals surface area contributed by atoms with Gasteiger partial charge >= 0.3 is 0 Å². The minimum atomic E-state index is -0.535. The van der Waals surface area contributed by atoms with Crippen LogP contribution >= 0.6 is 12.4 Å². The van der Waals surface area contributed by atoms with Crippen LogP contribution in [0.2, 0.25) is 0 Å². The lowest BCUT2D eigenvalue weighted by atomic mass is 9.94. The molecule has 2 aromatic carbocycles. The summed E-state index contributed by atoms with van der Waals surface area (Å²) >= 11 is 0. The van der Waals surface area contributed by atoms with E-state index in [-0.39, 0.29) is 24.6 Å². The number of hydrogen-bond acceptors (Lipinski definition) is 3. The van der Waals surface area contributed by atoms with E-state index in [0.29, 0.717) is 6.54 Å². The first kappa shape index (κ1) is 20.5. The molecule has 1 unspecified atom stereocenters. The number of nitrogens with one attached hydrogen (secondary N) is 1. The Morgan fingerprint density at radius 2 is 1.67 bits per heavy atom. The number of β-amino-alcohol motifs (C(OH)–C–C–N with tert-alkyl or cyclic N) is 1. The van der Waals surface area contributed by atoms with Crippen LogP contribution in [-0.4, -0.2) is 29.9 Å². The van der Waals surface area contributed by atoms with E-state index in [1.54, 1.807) is 0 Å². The lowest BCUT2D eigenvalue weighted by molar-refractivity contribution is 0.0988. The minimum Gasteiger partial charge on any atom is -0.491 e. The molecule has 0 radical (unpaired) electrons. The summed E-state index contributed by atoms with van der Waals surface area (Å²) in [4.78, 5) is 0. The molecule has 0 bridgehead atoms. The van der Waals surface area contributed by atoms with Gasteiger partial charge in [-0.1, -0.05) is 48.0 Å². The molecule has 2 rings (SSSR count). The summed E-state index contributed by atoms with van der Waals surface area (Å²) in [7, 11) is 0. The van der Waals surface area contributed by atoms with Gasteiger partial charge in [0.1, 0.15) is 18.5 Å². The molecule has 3 nitrogen and oxygen atoms in total. The Labute approximate surface area is 151 Å². The molecule has 132 valence electrons. The van der Waals surface area contributed by atoms with Crippen LogP contribution in [-0.2, 0) is 6.42 Å². The zero-order valence-electron chi connectivity index (χ0n) is 14.7. The molecule has 0 fully saturated rings. The van der Waals surface area contributed by atoms with Crippen molar-refractivity contribution in [3.05, 3.63) is 65.7 Å². The molecule has 0 heterocycles. The van der Waals surface area contributed by atoms with E-state index in [9.17, 15) is 5.11 Å². The molecule has 0 aliphatic rings. The van der Waals surface area contributed by atoms with E-state index in [1.807, 2.05) is 30.3 Å². The topological polar surface area (TPSA) is 41.5 Å². The molecule has 1 atom stereocenters. The first-order chi connectivity index (χ1) is 10.9. The molecule has 0 spiro atoms. The largest absolute Gasteiger partial charge is 0.491 e. The van der Waals surface area contributed by atoms with E-state index in [2.05, 4.69) is 50.4 Å². The maximum absolute atomic E-state index is 10.1. The van der Waals surface area contributed by atoms with Crippen molar-refractivity contribution in [1.82, 2.24) is 5.32 Å². The summed E-state index contributed by atoms with van der Waals surface area (Å²) in [6.45, 7) is 7.19. The Kier molecular flexibility index (Phi) is 8.26. The van der Waals surface area contributed by atoms with Gasteiger partial charge in [-0.15, -0.1) is 12.4 Å². The SMILES string of the molecule is Cc1ccc(CC(C)(C)NCC(O)COc2ccccc2)cc1.Cl. The summed E-state index contributed by atoms with van der Waals surface area (Å²) < 4.78 is 5.57. The van der Waals surface area contributed by atoms with Gasteiger partial charge < -0.3 is 15.2 Å². The number of rotatable bonds is 8. The van der Waals surface area contributed by atoms with E-state index < -0.39 is 6.10 Å². The fraction of sp³-hybridized carbons (Fsp3) is 0.400. The zero-order chi connectivity index (χ0) is 16.7. The first-order valence-corrected chi connectivity index (χ1v) is 8.11. The lowest BCUT2D eigenvalue weighted by Crippen LogP contribution is -2.46. The highest BCUT2D eigenvalue weighted by molar-refractivity contribution is 5.85. The van der Waals surface area contributed by atoms with Gasteiger partial charge in [0.25, 0.3) is 0 Å². The maximum atomic E-state index is 10.1. The lowest BCUT2D eigenvalue weighted by Gasteiger charge is -2.28. The van der Waals surface area contributed by atoms with Crippen molar-refractivity contribution < 1.29 is 9.84 Å². The summed E-state index contributed by atoms with van der Waals surface area (Å²) in [5, 5.41) is 13.5. The van der Waals surface area contributed by atoms with Gasteiger partial charge in [0, 0.05) is 12.1 Å². The van der Waals surface area contributed by atoms with Gasteiger partial charge in [-0.3, -0.25) is 0 Å². The second kappa shape index (κ2) is 9.67. The van der Waals surface area contributed by atoms with Crippen LogP contribution in [0, 0.1) is 6.92 Å². The molecule has 0 saturated heterocycles. The van der Waals surface area contributed by atoms with Crippen LogP contribution in [0.3, 0.4) is 0 Å². The van der Waals surface area contributed by atoms with Gasteiger partial charge in [-0.05, 0) is 44.9 Å². The minimum absolute atomic E-state index is 0. The Morgan fingerprint density at radius 3 is 2.29 bits per heavy atom. The van der Waals surface area contributed by atoms with E-state index in [4.69, 9.17) is 4.74 Å². The molecular weight excluding hydrogens is 322 g/mol. The van der Waals surface area contributed by atoms with Crippen LogP contribution < -0.4 is 10.1 Å². The maximum Gasteiger partial charge on any atom is 0.119 e. The number of aryl methyl sites for hydroxylation is 1. The highest BCUT2D eigenvalue weighted by atomic mass is 35.5. The van der Waals surface area contributed by atoms with Gasteiger partial charge in [0.2, 0.25) is 0 Å². The van der Waals surface area contributed by atoms with E-state index in [1.165, 1.54) is 11.1 Å². The molecule has 0 aromatic heterocycles. The quantitative estimate of drug-likeness (QED) is 0.762. The number of aliphatic hydroxyl groups is 1. The number of para-hydroxylation sites is 1. The molecule has 0 aliphatic heterocycles. The second-order valence-electron chi connectivity index (χ2n) is 6.71. The third-order valence-electron chi connectivity index (χ3n) is 3.77. The Balaban J connectivity index is 0.00000288. The summed E-state index contributed by atoms with van der Waals surface area (Å²) in [6.07, 6.45) is 0.381. The summed E-state index contributed by atoms with van der Waals surface area (Å²) in [6, 6.07) is 18.2. The van der Waals surface area contributed by atoms with Crippen molar-refractivity contribution in [3.63, 3.8) is 0 Å². The second-order valence-corrected chi connectivity index (χ2v) is 6.71. The smallest absolute Gasteiger partial charge is 0.119 e. The summed E-state index contributed by atoms with van der Waals surface area (Å²) in [5.74, 6) is 0.783. The molecule has 2 aromatic rings. The standard InChI is InChI=1S/C20H27NO2.ClH/c1-16-9-11-17(12-10-16)13-20(2,3)21-14-18(22)15-23-19-7-5-4-6-8-19;/h4-12,18,21-22H,13-15H2,1-3H3;1H. The Bertz CT molecular complexity index is 584.